The first-order valence-electron chi connectivity index (χ1n) is 7.45. The zero-order chi connectivity index (χ0) is 14.6. The monoisotopic (exact) mass is 303 g/mol. The third-order valence-electron chi connectivity index (χ3n) is 5.20. The second kappa shape index (κ2) is 4.49. The van der Waals surface area contributed by atoms with Crippen LogP contribution in [-0.4, -0.2) is 17.4 Å². The van der Waals surface area contributed by atoms with Gasteiger partial charge in [-0.15, -0.1) is 0 Å². The fourth-order valence-corrected chi connectivity index (χ4v) is 4.08. The molecule has 4 N–H and O–H groups in total. The Labute approximate surface area is 128 Å². The average molecular weight is 304 g/mol. The van der Waals surface area contributed by atoms with Crippen LogP contribution >= 0.6 is 11.6 Å². The van der Waals surface area contributed by atoms with Gasteiger partial charge in [0.05, 0.1) is 11.5 Å². The van der Waals surface area contributed by atoms with Crippen molar-refractivity contribution in [3.63, 3.8) is 0 Å². The molecule has 1 amide bonds. The lowest BCUT2D eigenvalue weighted by atomic mass is 9.61. The molecule has 0 bridgehead atoms. The third-order valence-corrected chi connectivity index (χ3v) is 5.44. The maximum atomic E-state index is 12.0. The number of carbonyl (C=O) groups is 1. The Hall–Kier alpha value is -1.52. The maximum Gasteiger partial charge on any atom is 0.225 e. The van der Waals surface area contributed by atoms with Gasteiger partial charge in [-0.2, -0.15) is 0 Å². The molecule has 1 aromatic carbocycles. The number of nitrogens with one attached hydrogen (secondary N) is 2. The number of carbonyl (C=O) groups excluding carboxylic acids is 1. The number of amides is 1. The summed E-state index contributed by atoms with van der Waals surface area (Å²) >= 11 is 6.13. The normalized spacial score (nSPS) is 23.6. The van der Waals surface area contributed by atoms with Gasteiger partial charge in [-0.1, -0.05) is 18.0 Å². The van der Waals surface area contributed by atoms with E-state index in [-0.39, 0.29) is 11.9 Å². The van der Waals surface area contributed by atoms with Crippen molar-refractivity contribution >= 4 is 28.4 Å². The van der Waals surface area contributed by atoms with Gasteiger partial charge in [0.1, 0.15) is 0 Å². The molecule has 21 heavy (non-hydrogen) atoms. The van der Waals surface area contributed by atoms with Crippen molar-refractivity contribution in [1.82, 2.24) is 10.3 Å². The fraction of sp³-hybridized carbons (Fsp3) is 0.438. The Kier molecular flexibility index (Phi) is 2.81. The van der Waals surface area contributed by atoms with E-state index in [0.717, 1.165) is 48.5 Å². The molecule has 1 saturated carbocycles. The van der Waals surface area contributed by atoms with Crippen molar-refractivity contribution < 1.29 is 4.79 Å². The molecular formula is C16H18ClN3O. The molecule has 1 aliphatic carbocycles. The van der Waals surface area contributed by atoms with Gasteiger partial charge in [0, 0.05) is 21.6 Å². The predicted octanol–water partition coefficient (Wildman–Crippen LogP) is 2.66. The number of aromatic amines is 1. The highest BCUT2D eigenvalue weighted by Crippen LogP contribution is 2.52. The van der Waals surface area contributed by atoms with E-state index in [1.54, 1.807) is 0 Å². The van der Waals surface area contributed by atoms with Gasteiger partial charge in [-0.25, -0.2) is 0 Å². The van der Waals surface area contributed by atoms with Gasteiger partial charge < -0.3 is 16.0 Å². The Morgan fingerprint density at radius 1 is 1.38 bits per heavy atom. The van der Waals surface area contributed by atoms with Crippen LogP contribution in [0.2, 0.25) is 5.02 Å². The topological polar surface area (TPSA) is 70.9 Å². The summed E-state index contributed by atoms with van der Waals surface area (Å²) in [4.78, 5) is 15.5. The fourth-order valence-electron chi connectivity index (χ4n) is 3.91. The van der Waals surface area contributed by atoms with Crippen molar-refractivity contribution in [2.24, 2.45) is 11.1 Å². The maximum absolute atomic E-state index is 12.0. The van der Waals surface area contributed by atoms with Crippen LogP contribution < -0.4 is 11.1 Å². The lowest BCUT2D eigenvalue weighted by molar-refractivity contribution is -0.135. The van der Waals surface area contributed by atoms with Gasteiger partial charge in [0.15, 0.2) is 0 Å². The minimum atomic E-state index is -0.431. The minimum absolute atomic E-state index is 0.00123. The summed E-state index contributed by atoms with van der Waals surface area (Å²) in [6.45, 7) is 0.867. The van der Waals surface area contributed by atoms with E-state index in [4.69, 9.17) is 17.3 Å². The van der Waals surface area contributed by atoms with Crippen molar-refractivity contribution in [1.29, 1.82) is 0 Å². The largest absolute Gasteiger partial charge is 0.369 e. The Morgan fingerprint density at radius 2 is 2.19 bits per heavy atom. The summed E-state index contributed by atoms with van der Waals surface area (Å²) in [5, 5.41) is 5.42. The van der Waals surface area contributed by atoms with Crippen molar-refractivity contribution in [2.75, 3.05) is 6.54 Å². The van der Waals surface area contributed by atoms with Gasteiger partial charge in [0.2, 0.25) is 5.91 Å². The lowest BCUT2D eigenvalue weighted by Crippen LogP contribution is -2.53. The molecule has 5 heteroatoms. The number of H-pyrrole nitrogens is 1. The van der Waals surface area contributed by atoms with Crippen LogP contribution in [0.3, 0.4) is 0 Å². The van der Waals surface area contributed by atoms with Crippen molar-refractivity contribution in [3.8, 4) is 0 Å². The van der Waals surface area contributed by atoms with Gasteiger partial charge in [0.25, 0.3) is 0 Å². The van der Waals surface area contributed by atoms with E-state index in [2.05, 4.69) is 10.3 Å². The molecule has 0 saturated heterocycles. The molecule has 1 unspecified atom stereocenters. The molecule has 1 atom stereocenters. The van der Waals surface area contributed by atoms with E-state index in [1.807, 2.05) is 18.2 Å². The number of fused-ring (bicyclic) bond motifs is 3. The first kappa shape index (κ1) is 13.2. The van der Waals surface area contributed by atoms with E-state index in [9.17, 15) is 4.79 Å². The summed E-state index contributed by atoms with van der Waals surface area (Å²) in [6.07, 6.45) is 3.76. The van der Waals surface area contributed by atoms with Crippen LogP contribution in [0.25, 0.3) is 10.9 Å². The molecule has 4 nitrogen and oxygen atoms in total. The highest BCUT2D eigenvalue weighted by Gasteiger charge is 2.51. The molecule has 1 aliphatic heterocycles. The summed E-state index contributed by atoms with van der Waals surface area (Å²) in [7, 11) is 0. The van der Waals surface area contributed by atoms with E-state index in [0.29, 0.717) is 0 Å². The third kappa shape index (κ3) is 1.75. The Bertz CT molecular complexity index is 732. The molecule has 2 heterocycles. The zero-order valence-corrected chi connectivity index (χ0v) is 12.5. The van der Waals surface area contributed by atoms with Crippen LogP contribution in [0.15, 0.2) is 18.2 Å². The number of nitrogens with two attached hydrogens (primary N) is 1. The smallest absolute Gasteiger partial charge is 0.225 e. The van der Waals surface area contributed by atoms with E-state index in [1.165, 1.54) is 10.9 Å². The first-order valence-corrected chi connectivity index (χ1v) is 7.83. The van der Waals surface area contributed by atoms with Crippen molar-refractivity contribution in [2.45, 2.75) is 31.7 Å². The molecule has 110 valence electrons. The van der Waals surface area contributed by atoms with Crippen LogP contribution in [0.1, 0.15) is 36.6 Å². The summed E-state index contributed by atoms with van der Waals surface area (Å²) < 4.78 is 0. The van der Waals surface area contributed by atoms with E-state index >= 15 is 0 Å². The van der Waals surface area contributed by atoms with Crippen molar-refractivity contribution in [3.05, 3.63) is 34.5 Å². The molecule has 1 fully saturated rings. The average Bonchev–Trinajstić information content (AvgIpc) is 2.76. The predicted molar refractivity (Wildman–Crippen MR) is 83.2 cm³/mol. The van der Waals surface area contributed by atoms with Gasteiger partial charge in [-0.3, -0.25) is 4.79 Å². The number of hydrogen-bond acceptors (Lipinski definition) is 2. The Morgan fingerprint density at radius 3 is 2.86 bits per heavy atom. The minimum Gasteiger partial charge on any atom is -0.369 e. The SMILES string of the molecule is NC(=O)C1(C2NCCc3c2[nH]c2ccc(Cl)cc32)CCC1. The molecule has 4 rings (SSSR count). The number of benzene rings is 1. The van der Waals surface area contributed by atoms with E-state index < -0.39 is 5.41 Å². The number of rotatable bonds is 2. The quantitative estimate of drug-likeness (QED) is 0.798. The standard InChI is InChI=1S/C16H18ClN3O/c17-9-2-3-12-11(8-9)10-4-7-19-14(13(10)20-12)16(15(18)21)5-1-6-16/h2-3,8,14,19-20H,1,4-7H2,(H2,18,21). The number of halogens is 1. The van der Waals surface area contributed by atoms with Gasteiger partial charge >= 0.3 is 0 Å². The summed E-state index contributed by atoms with van der Waals surface area (Å²) in [6, 6.07) is 5.90. The van der Waals surface area contributed by atoms with Crippen LogP contribution in [0, 0.1) is 5.41 Å². The van der Waals surface area contributed by atoms with Crippen LogP contribution in [-0.2, 0) is 11.2 Å². The lowest BCUT2D eigenvalue weighted by Gasteiger charge is -2.46. The summed E-state index contributed by atoms with van der Waals surface area (Å²) in [5.41, 5.74) is 8.78. The molecular weight excluding hydrogens is 286 g/mol. The van der Waals surface area contributed by atoms with Crippen LogP contribution in [0.4, 0.5) is 0 Å². The molecule has 2 aliphatic rings. The molecule has 0 spiro atoms. The number of hydrogen-bond donors (Lipinski definition) is 3. The Balaban J connectivity index is 1.88. The van der Waals surface area contributed by atoms with Gasteiger partial charge in [-0.05, 0) is 49.6 Å². The summed E-state index contributed by atoms with van der Waals surface area (Å²) in [5.74, 6) is -0.184. The van der Waals surface area contributed by atoms with Crippen LogP contribution in [0.5, 0.6) is 0 Å². The number of primary amides is 1. The number of aromatic nitrogens is 1. The highest BCUT2D eigenvalue weighted by atomic mass is 35.5. The molecule has 1 aromatic heterocycles. The second-order valence-corrected chi connectivity index (χ2v) is 6.65. The zero-order valence-electron chi connectivity index (χ0n) is 11.7. The molecule has 0 radical (unpaired) electrons. The second-order valence-electron chi connectivity index (χ2n) is 6.22. The molecule has 2 aromatic rings. The highest BCUT2D eigenvalue weighted by molar-refractivity contribution is 6.31. The first-order chi connectivity index (χ1) is 10.1.